The second kappa shape index (κ2) is 3.07. The third-order valence-electron chi connectivity index (χ3n) is 2.66. The first-order valence-corrected chi connectivity index (χ1v) is 5.03. The summed E-state index contributed by atoms with van der Waals surface area (Å²) >= 11 is 0. The van der Waals surface area contributed by atoms with Crippen LogP contribution in [0.25, 0.3) is 0 Å². The van der Waals surface area contributed by atoms with E-state index in [9.17, 15) is 0 Å². The van der Waals surface area contributed by atoms with Crippen LogP contribution in [0.1, 0.15) is 26.3 Å². The van der Waals surface area contributed by atoms with Crippen molar-refractivity contribution < 1.29 is 4.74 Å². The van der Waals surface area contributed by atoms with Gasteiger partial charge in [-0.2, -0.15) is 0 Å². The molecular weight excluding hydrogens is 174 g/mol. The maximum Gasteiger partial charge on any atom is 0.143 e. The van der Waals surface area contributed by atoms with Crippen molar-refractivity contribution in [3.05, 3.63) is 35.9 Å². The third kappa shape index (κ3) is 1.68. The molecule has 0 spiro atoms. The fraction of sp³-hybridized carbons (Fsp3) is 0.500. The molecule has 2 nitrogen and oxygen atoms in total. The van der Waals surface area contributed by atoms with E-state index in [2.05, 4.69) is 38.2 Å². The van der Waals surface area contributed by atoms with Gasteiger partial charge < -0.3 is 4.74 Å². The van der Waals surface area contributed by atoms with Crippen molar-refractivity contribution >= 4 is 0 Å². The molecule has 14 heavy (non-hydrogen) atoms. The molecule has 2 rings (SSSR count). The highest BCUT2D eigenvalue weighted by molar-refractivity contribution is 5.22. The lowest BCUT2D eigenvalue weighted by atomic mass is 10.1. The Bertz CT molecular complexity index is 320. The van der Waals surface area contributed by atoms with Crippen LogP contribution in [0.4, 0.5) is 0 Å². The molecule has 0 radical (unpaired) electrons. The van der Waals surface area contributed by atoms with Gasteiger partial charge in [-0.1, -0.05) is 30.3 Å². The number of benzene rings is 1. The normalized spacial score (nSPS) is 30.5. The van der Waals surface area contributed by atoms with Crippen molar-refractivity contribution in [3.8, 4) is 0 Å². The van der Waals surface area contributed by atoms with E-state index in [4.69, 9.17) is 4.74 Å². The van der Waals surface area contributed by atoms with Crippen molar-refractivity contribution in [2.45, 2.75) is 32.1 Å². The average molecular weight is 191 g/mol. The van der Waals surface area contributed by atoms with Crippen LogP contribution in [0.5, 0.6) is 0 Å². The summed E-state index contributed by atoms with van der Waals surface area (Å²) in [4.78, 5) is 0. The Kier molecular flexibility index (Phi) is 2.13. The maximum atomic E-state index is 6.01. The minimum absolute atomic E-state index is 0.0788. The van der Waals surface area contributed by atoms with E-state index in [0.717, 1.165) is 6.54 Å². The van der Waals surface area contributed by atoms with E-state index in [-0.39, 0.29) is 11.3 Å². The lowest BCUT2D eigenvalue weighted by molar-refractivity contribution is -0.0839. The van der Waals surface area contributed by atoms with E-state index >= 15 is 0 Å². The Morgan fingerprint density at radius 2 is 1.79 bits per heavy atom. The summed E-state index contributed by atoms with van der Waals surface area (Å²) in [6, 6.07) is 10.3. The van der Waals surface area contributed by atoms with Crippen LogP contribution in [-0.4, -0.2) is 12.1 Å². The van der Waals surface area contributed by atoms with Gasteiger partial charge in [-0.15, -0.1) is 0 Å². The van der Waals surface area contributed by atoms with Crippen LogP contribution in [0.3, 0.4) is 0 Å². The number of rotatable bonds is 1. The monoisotopic (exact) mass is 191 g/mol. The largest absolute Gasteiger partial charge is 0.349 e. The van der Waals surface area contributed by atoms with E-state index in [1.165, 1.54) is 5.56 Å². The van der Waals surface area contributed by atoms with Gasteiger partial charge in [-0.05, 0) is 26.3 Å². The fourth-order valence-electron chi connectivity index (χ4n) is 1.92. The molecule has 0 aromatic heterocycles. The van der Waals surface area contributed by atoms with E-state index in [1.54, 1.807) is 0 Å². The second-order valence-corrected chi connectivity index (χ2v) is 4.61. The van der Waals surface area contributed by atoms with Gasteiger partial charge in [0.2, 0.25) is 0 Å². The zero-order chi connectivity index (χ0) is 10.2. The van der Waals surface area contributed by atoms with Gasteiger partial charge in [0.25, 0.3) is 0 Å². The SMILES string of the molecule is CC1(C)CNC(C)(c2ccccc2)O1. The first-order valence-electron chi connectivity index (χ1n) is 5.03. The van der Waals surface area contributed by atoms with Gasteiger partial charge in [-0.25, -0.2) is 0 Å². The molecule has 1 heterocycles. The summed E-state index contributed by atoms with van der Waals surface area (Å²) in [5.41, 5.74) is 0.778. The molecular formula is C12H17NO. The first-order chi connectivity index (χ1) is 6.52. The highest BCUT2D eigenvalue weighted by atomic mass is 16.5. The Morgan fingerprint density at radius 3 is 2.29 bits per heavy atom. The Labute approximate surface area is 85.3 Å². The predicted octanol–water partition coefficient (Wildman–Crippen LogP) is 2.26. The van der Waals surface area contributed by atoms with Gasteiger partial charge >= 0.3 is 0 Å². The smallest absolute Gasteiger partial charge is 0.143 e. The van der Waals surface area contributed by atoms with Crippen LogP contribution in [0.15, 0.2) is 30.3 Å². The van der Waals surface area contributed by atoms with Gasteiger partial charge in [-0.3, -0.25) is 5.32 Å². The van der Waals surface area contributed by atoms with Crippen LogP contribution in [0, 0.1) is 0 Å². The maximum absolute atomic E-state index is 6.01. The minimum Gasteiger partial charge on any atom is -0.349 e. The molecule has 1 fully saturated rings. The van der Waals surface area contributed by atoms with Gasteiger partial charge in [0.05, 0.1) is 5.60 Å². The van der Waals surface area contributed by atoms with E-state index < -0.39 is 0 Å². The average Bonchev–Trinajstić information content (AvgIpc) is 2.44. The summed E-state index contributed by atoms with van der Waals surface area (Å²) in [5.74, 6) is 0. The molecule has 0 amide bonds. The zero-order valence-electron chi connectivity index (χ0n) is 9.00. The fourth-order valence-corrected chi connectivity index (χ4v) is 1.92. The summed E-state index contributed by atoms with van der Waals surface area (Å²) < 4.78 is 6.01. The van der Waals surface area contributed by atoms with Crippen molar-refractivity contribution in [1.82, 2.24) is 5.32 Å². The number of nitrogens with one attached hydrogen (secondary N) is 1. The first kappa shape index (κ1) is 9.69. The lowest BCUT2D eigenvalue weighted by Gasteiger charge is -2.27. The summed E-state index contributed by atoms with van der Waals surface area (Å²) in [6.45, 7) is 7.18. The molecule has 2 heteroatoms. The molecule has 1 aromatic rings. The molecule has 1 saturated heterocycles. The predicted molar refractivity (Wildman–Crippen MR) is 57.0 cm³/mol. The minimum atomic E-state index is -0.329. The van der Waals surface area contributed by atoms with Crippen LogP contribution in [-0.2, 0) is 10.5 Å². The highest BCUT2D eigenvalue weighted by Crippen LogP contribution is 2.33. The van der Waals surface area contributed by atoms with Crippen molar-refractivity contribution in [1.29, 1.82) is 0 Å². The quantitative estimate of drug-likeness (QED) is 0.735. The molecule has 1 aliphatic rings. The van der Waals surface area contributed by atoms with Crippen molar-refractivity contribution in [2.24, 2.45) is 0 Å². The Hall–Kier alpha value is -0.860. The van der Waals surface area contributed by atoms with E-state index in [1.807, 2.05) is 18.2 Å². The number of hydrogen-bond donors (Lipinski definition) is 1. The zero-order valence-corrected chi connectivity index (χ0v) is 9.00. The highest BCUT2D eigenvalue weighted by Gasteiger charge is 2.41. The molecule has 1 aliphatic heterocycles. The molecule has 1 unspecified atom stereocenters. The lowest BCUT2D eigenvalue weighted by Crippen LogP contribution is -2.34. The van der Waals surface area contributed by atoms with Crippen LogP contribution in [0.2, 0.25) is 0 Å². The number of hydrogen-bond acceptors (Lipinski definition) is 2. The van der Waals surface area contributed by atoms with E-state index in [0.29, 0.717) is 0 Å². The molecule has 76 valence electrons. The van der Waals surface area contributed by atoms with Crippen molar-refractivity contribution in [2.75, 3.05) is 6.54 Å². The Balaban J connectivity index is 2.27. The molecule has 0 bridgehead atoms. The van der Waals surface area contributed by atoms with Crippen molar-refractivity contribution in [3.63, 3.8) is 0 Å². The molecule has 0 aliphatic carbocycles. The standard InChI is InChI=1S/C12H17NO/c1-11(2)9-13-12(3,14-11)10-7-5-4-6-8-10/h4-8,13H,9H2,1-3H3. The van der Waals surface area contributed by atoms with Gasteiger partial charge in [0, 0.05) is 6.54 Å². The third-order valence-corrected chi connectivity index (χ3v) is 2.66. The Morgan fingerprint density at radius 1 is 1.14 bits per heavy atom. The summed E-state index contributed by atoms with van der Waals surface area (Å²) in [6.07, 6.45) is 0. The topological polar surface area (TPSA) is 21.3 Å². The summed E-state index contributed by atoms with van der Waals surface area (Å²) in [5, 5.41) is 3.42. The molecule has 1 aromatic carbocycles. The van der Waals surface area contributed by atoms with Gasteiger partial charge in [0.1, 0.15) is 5.72 Å². The second-order valence-electron chi connectivity index (χ2n) is 4.61. The molecule has 1 atom stereocenters. The van der Waals surface area contributed by atoms with Crippen LogP contribution < -0.4 is 5.32 Å². The summed E-state index contributed by atoms with van der Waals surface area (Å²) in [7, 11) is 0. The number of ether oxygens (including phenoxy) is 1. The van der Waals surface area contributed by atoms with Gasteiger partial charge in [0.15, 0.2) is 0 Å². The molecule has 0 saturated carbocycles. The molecule has 1 N–H and O–H groups in total. The van der Waals surface area contributed by atoms with Crippen LogP contribution >= 0.6 is 0 Å².